The summed E-state index contributed by atoms with van der Waals surface area (Å²) in [5.74, 6) is 0.548. The van der Waals surface area contributed by atoms with Gasteiger partial charge < -0.3 is 20.7 Å². The van der Waals surface area contributed by atoms with Crippen LogP contribution in [-0.2, 0) is 16.1 Å². The first-order valence-electron chi connectivity index (χ1n) is 11.5. The van der Waals surface area contributed by atoms with Crippen molar-refractivity contribution in [3.05, 3.63) is 71.8 Å². The van der Waals surface area contributed by atoms with Crippen molar-refractivity contribution in [2.24, 2.45) is 0 Å². The highest BCUT2D eigenvalue weighted by atomic mass is 35.5. The predicted octanol–water partition coefficient (Wildman–Crippen LogP) is 5.25. The van der Waals surface area contributed by atoms with E-state index in [0.29, 0.717) is 38.9 Å². The molecule has 0 bridgehead atoms. The molecule has 4 N–H and O–H groups in total. The molecule has 0 saturated carbocycles. The van der Waals surface area contributed by atoms with Gasteiger partial charge in [-0.25, -0.2) is 18.5 Å². The van der Waals surface area contributed by atoms with Crippen LogP contribution in [0, 0.1) is 0 Å². The molecule has 0 fully saturated rings. The number of nitrogens with one attached hydrogen (secondary N) is 3. The van der Waals surface area contributed by atoms with Gasteiger partial charge in [0.2, 0.25) is 5.91 Å². The summed E-state index contributed by atoms with van der Waals surface area (Å²) in [6, 6.07) is 18.8. The summed E-state index contributed by atoms with van der Waals surface area (Å²) in [5, 5.41) is 9.30. The fraction of sp³-hybridized carbons (Fsp3) is 0.192. The van der Waals surface area contributed by atoms with Crippen molar-refractivity contribution in [3.63, 3.8) is 0 Å². The lowest BCUT2D eigenvalue weighted by Gasteiger charge is -2.24. The van der Waals surface area contributed by atoms with Crippen LogP contribution in [0.1, 0.15) is 13.8 Å². The first-order valence-corrected chi connectivity index (χ1v) is 13.0. The van der Waals surface area contributed by atoms with Crippen LogP contribution in [0.5, 0.6) is 5.75 Å². The molecule has 1 heterocycles. The number of methoxy groups -OCH3 is 1. The van der Waals surface area contributed by atoms with E-state index in [1.165, 1.54) is 7.11 Å². The van der Waals surface area contributed by atoms with Gasteiger partial charge in [-0.2, -0.15) is 0 Å². The Balaban J connectivity index is 1.83. The molecule has 0 aliphatic carbocycles. The van der Waals surface area contributed by atoms with E-state index < -0.39 is 16.8 Å². The molecule has 0 radical (unpaired) electrons. The second-order valence-electron chi connectivity index (χ2n) is 8.76. The second kappa shape index (κ2) is 11.3. The molecule has 12 heteroatoms. The van der Waals surface area contributed by atoms with Crippen molar-refractivity contribution in [1.82, 2.24) is 15.3 Å². The number of carbonyl (C=O) groups is 1. The Kier molecular flexibility index (Phi) is 8.12. The third kappa shape index (κ3) is 5.86. The van der Waals surface area contributed by atoms with E-state index in [-0.39, 0.29) is 17.5 Å². The summed E-state index contributed by atoms with van der Waals surface area (Å²) in [5.41, 5.74) is 1.46. The quantitative estimate of drug-likeness (QED) is 0.207. The standard InChI is InChI=1S/C26H27ClN6O4S/c1-26(2,28-3)25(34)29-16-8-7-9-17(14-16)33(38(35)36)24-23(30-20-10-5-6-11-21(20)32-24)31-22-15-18(37-4)12-13-19(22)27/h5-15,28H,1-4H3,(H,29,34)(H,30,31)(H,35,36). The molecular weight excluding hydrogens is 528 g/mol. The highest BCUT2D eigenvalue weighted by Gasteiger charge is 2.27. The molecule has 4 aromatic rings. The van der Waals surface area contributed by atoms with E-state index in [2.05, 4.69) is 25.9 Å². The maximum Gasteiger partial charge on any atom is 0.268 e. The van der Waals surface area contributed by atoms with Crippen LogP contribution in [0.15, 0.2) is 66.7 Å². The Bertz CT molecular complexity index is 1520. The van der Waals surface area contributed by atoms with E-state index >= 15 is 0 Å². The monoisotopic (exact) mass is 554 g/mol. The van der Waals surface area contributed by atoms with Crippen molar-refractivity contribution < 1.29 is 18.3 Å². The molecule has 3 aromatic carbocycles. The molecule has 198 valence electrons. The number of aromatic nitrogens is 2. The number of hydrogen-bond acceptors (Lipinski definition) is 7. The number of rotatable bonds is 9. The van der Waals surface area contributed by atoms with Gasteiger partial charge in [-0.05, 0) is 63.4 Å². The Hall–Kier alpha value is -3.77. The SMILES string of the molecule is CNC(C)(C)C(=O)Nc1cccc(N(c2nc3ccccc3nc2Nc2cc(OC)ccc2Cl)S(=O)O)c1. The first kappa shape index (κ1) is 27.3. The van der Waals surface area contributed by atoms with E-state index in [0.717, 1.165) is 4.31 Å². The Morgan fingerprint density at radius 3 is 2.42 bits per heavy atom. The Morgan fingerprint density at radius 2 is 1.76 bits per heavy atom. The zero-order valence-corrected chi connectivity index (χ0v) is 22.7. The number of nitrogens with zero attached hydrogens (tertiary/aromatic N) is 3. The molecule has 0 aliphatic heterocycles. The van der Waals surface area contributed by atoms with E-state index in [1.54, 1.807) is 81.6 Å². The molecule has 10 nitrogen and oxygen atoms in total. The number of likely N-dealkylation sites (N-methyl/N-ethyl adjacent to an activating group) is 1. The van der Waals surface area contributed by atoms with Crippen molar-refractivity contribution in [2.45, 2.75) is 19.4 Å². The lowest BCUT2D eigenvalue weighted by molar-refractivity contribution is -0.121. The van der Waals surface area contributed by atoms with E-state index in [9.17, 15) is 13.6 Å². The van der Waals surface area contributed by atoms with Gasteiger partial charge in [0.25, 0.3) is 11.3 Å². The summed E-state index contributed by atoms with van der Waals surface area (Å²) < 4.78 is 29.6. The summed E-state index contributed by atoms with van der Waals surface area (Å²) in [7, 11) is 3.22. The fourth-order valence-electron chi connectivity index (χ4n) is 3.47. The highest BCUT2D eigenvalue weighted by molar-refractivity contribution is 7.81. The van der Waals surface area contributed by atoms with Crippen molar-refractivity contribution in [2.75, 3.05) is 29.1 Å². The second-order valence-corrected chi connectivity index (χ2v) is 9.99. The molecular formula is C26H27ClN6O4S. The summed E-state index contributed by atoms with van der Waals surface area (Å²) in [4.78, 5) is 22.0. The van der Waals surface area contributed by atoms with Crippen LogP contribution in [0.4, 0.5) is 28.7 Å². The van der Waals surface area contributed by atoms with Crippen molar-refractivity contribution in [1.29, 1.82) is 0 Å². The van der Waals surface area contributed by atoms with Crippen molar-refractivity contribution >= 4 is 68.5 Å². The minimum absolute atomic E-state index is 0.0717. The van der Waals surface area contributed by atoms with Gasteiger partial charge in [0.15, 0.2) is 11.6 Å². The van der Waals surface area contributed by atoms with Gasteiger partial charge in [-0.15, -0.1) is 0 Å². The lowest BCUT2D eigenvalue weighted by Crippen LogP contribution is -2.47. The molecule has 0 saturated heterocycles. The first-order chi connectivity index (χ1) is 18.1. The van der Waals surface area contributed by atoms with Crippen LogP contribution in [-0.4, -0.2) is 44.3 Å². The number of benzene rings is 3. The Labute approximate surface area is 227 Å². The number of carbonyl (C=O) groups excluding carboxylic acids is 1. The lowest BCUT2D eigenvalue weighted by atomic mass is 10.1. The average Bonchev–Trinajstić information content (AvgIpc) is 2.90. The molecule has 38 heavy (non-hydrogen) atoms. The summed E-state index contributed by atoms with van der Waals surface area (Å²) in [6.07, 6.45) is 0. The average molecular weight is 555 g/mol. The smallest absolute Gasteiger partial charge is 0.268 e. The molecule has 1 unspecified atom stereocenters. The largest absolute Gasteiger partial charge is 0.497 e. The number of ether oxygens (including phenoxy) is 1. The van der Waals surface area contributed by atoms with Gasteiger partial charge in [-0.3, -0.25) is 9.35 Å². The minimum atomic E-state index is -2.56. The van der Waals surface area contributed by atoms with Gasteiger partial charge in [0.05, 0.1) is 40.1 Å². The third-order valence-corrected chi connectivity index (χ3v) is 6.88. The van der Waals surface area contributed by atoms with Crippen LogP contribution in [0.2, 0.25) is 5.02 Å². The number of anilines is 5. The van der Waals surface area contributed by atoms with Crippen molar-refractivity contribution in [3.8, 4) is 5.75 Å². The number of halogens is 1. The van der Waals surface area contributed by atoms with Crippen LogP contribution in [0.3, 0.4) is 0 Å². The highest BCUT2D eigenvalue weighted by Crippen LogP contribution is 2.37. The minimum Gasteiger partial charge on any atom is -0.497 e. The zero-order valence-electron chi connectivity index (χ0n) is 21.2. The number of fused-ring (bicyclic) bond motifs is 1. The number of hydrogen-bond donors (Lipinski definition) is 4. The maximum atomic E-state index is 12.7. The molecule has 1 aromatic heterocycles. The van der Waals surface area contributed by atoms with Crippen LogP contribution < -0.4 is 25.0 Å². The van der Waals surface area contributed by atoms with Gasteiger partial charge in [0, 0.05) is 11.8 Å². The molecule has 1 amide bonds. The zero-order chi connectivity index (χ0) is 27.4. The predicted molar refractivity (Wildman–Crippen MR) is 152 cm³/mol. The topological polar surface area (TPSA) is 129 Å². The number of amides is 1. The van der Waals surface area contributed by atoms with Gasteiger partial charge >= 0.3 is 0 Å². The fourth-order valence-corrected chi connectivity index (χ4v) is 4.20. The Morgan fingerprint density at radius 1 is 1.05 bits per heavy atom. The van der Waals surface area contributed by atoms with Crippen LogP contribution >= 0.6 is 11.6 Å². The van der Waals surface area contributed by atoms with E-state index in [1.807, 2.05) is 6.07 Å². The molecule has 0 aliphatic rings. The molecule has 1 atom stereocenters. The maximum absolute atomic E-state index is 12.7. The van der Waals surface area contributed by atoms with E-state index in [4.69, 9.17) is 16.3 Å². The molecule has 0 spiro atoms. The number of para-hydroxylation sites is 2. The van der Waals surface area contributed by atoms with Gasteiger partial charge in [-0.1, -0.05) is 29.8 Å². The third-order valence-electron chi connectivity index (χ3n) is 5.86. The molecule has 4 rings (SSSR count). The summed E-state index contributed by atoms with van der Waals surface area (Å²) in [6.45, 7) is 3.49. The van der Waals surface area contributed by atoms with Crippen LogP contribution in [0.25, 0.3) is 11.0 Å². The summed E-state index contributed by atoms with van der Waals surface area (Å²) >= 11 is 3.86. The van der Waals surface area contributed by atoms with Gasteiger partial charge in [0.1, 0.15) is 5.75 Å². The normalized spacial score (nSPS) is 12.2.